The van der Waals surface area contributed by atoms with Crippen LogP contribution >= 0.6 is 11.8 Å². The van der Waals surface area contributed by atoms with Crippen molar-refractivity contribution < 1.29 is 4.79 Å². The number of nitrogens with one attached hydrogen (secondary N) is 1. The van der Waals surface area contributed by atoms with E-state index >= 15 is 0 Å². The van der Waals surface area contributed by atoms with Crippen molar-refractivity contribution in [3.8, 4) is 0 Å². The number of anilines is 1. The first-order chi connectivity index (χ1) is 13.7. The smallest absolute Gasteiger partial charge is 0.227 e. The average Bonchev–Trinajstić information content (AvgIpc) is 2.74. The second kappa shape index (κ2) is 10.7. The Morgan fingerprint density at radius 2 is 1.46 bits per heavy atom. The molecule has 1 amide bonds. The van der Waals surface area contributed by atoms with E-state index in [4.69, 9.17) is 0 Å². The van der Waals surface area contributed by atoms with Crippen molar-refractivity contribution in [2.75, 3.05) is 5.32 Å². The van der Waals surface area contributed by atoms with Gasteiger partial charge >= 0.3 is 0 Å². The quantitative estimate of drug-likeness (QED) is 0.419. The highest BCUT2D eigenvalue weighted by Crippen LogP contribution is 2.25. The first-order valence-corrected chi connectivity index (χ1v) is 10.8. The van der Waals surface area contributed by atoms with Gasteiger partial charge in [0, 0.05) is 22.3 Å². The lowest BCUT2D eigenvalue weighted by Gasteiger charge is -2.16. The average molecular weight is 390 g/mol. The Kier molecular flexibility index (Phi) is 7.74. The summed E-state index contributed by atoms with van der Waals surface area (Å²) in [4.78, 5) is 14.0. The molecule has 144 valence electrons. The molecular weight excluding hydrogens is 362 g/mol. The van der Waals surface area contributed by atoms with Crippen LogP contribution in [0.15, 0.2) is 89.8 Å². The van der Waals surface area contributed by atoms with Crippen LogP contribution in [0.5, 0.6) is 0 Å². The van der Waals surface area contributed by atoms with E-state index in [0.29, 0.717) is 0 Å². The zero-order chi connectivity index (χ0) is 19.6. The van der Waals surface area contributed by atoms with Crippen molar-refractivity contribution in [1.82, 2.24) is 0 Å². The van der Waals surface area contributed by atoms with Crippen LogP contribution < -0.4 is 5.32 Å². The van der Waals surface area contributed by atoms with Gasteiger partial charge in [-0.15, -0.1) is 11.8 Å². The molecule has 0 bridgehead atoms. The summed E-state index contributed by atoms with van der Waals surface area (Å²) in [6.45, 7) is 2.13. The van der Waals surface area contributed by atoms with Gasteiger partial charge < -0.3 is 5.32 Å². The van der Waals surface area contributed by atoms with Crippen molar-refractivity contribution in [1.29, 1.82) is 0 Å². The topological polar surface area (TPSA) is 29.1 Å². The van der Waals surface area contributed by atoms with Crippen LogP contribution in [0.4, 0.5) is 5.69 Å². The van der Waals surface area contributed by atoms with Crippen molar-refractivity contribution in [2.45, 2.75) is 36.8 Å². The Morgan fingerprint density at radius 1 is 0.857 bits per heavy atom. The second-order valence-electron chi connectivity index (χ2n) is 6.96. The summed E-state index contributed by atoms with van der Waals surface area (Å²) in [5, 5.41) is 3.10. The predicted octanol–water partition coefficient (Wildman–Crippen LogP) is 6.58. The summed E-state index contributed by atoms with van der Waals surface area (Å²) in [5.74, 6) is 1.05. The molecule has 0 aliphatic carbocycles. The molecule has 1 N–H and O–H groups in total. The molecule has 3 heteroatoms. The molecular formula is C25H27NOS. The summed E-state index contributed by atoms with van der Waals surface area (Å²) in [7, 11) is 0. The monoisotopic (exact) mass is 389 g/mol. The Hall–Kier alpha value is -2.52. The lowest BCUT2D eigenvalue weighted by Crippen LogP contribution is -2.24. The van der Waals surface area contributed by atoms with Gasteiger partial charge in [-0.25, -0.2) is 0 Å². The molecule has 0 radical (unpaired) electrons. The fourth-order valence-electron chi connectivity index (χ4n) is 3.19. The highest BCUT2D eigenvalue weighted by molar-refractivity contribution is 7.98. The maximum Gasteiger partial charge on any atom is 0.227 e. The van der Waals surface area contributed by atoms with Gasteiger partial charge in [-0.1, -0.05) is 74.0 Å². The van der Waals surface area contributed by atoms with Crippen LogP contribution in [0.25, 0.3) is 0 Å². The van der Waals surface area contributed by atoms with E-state index in [1.807, 2.05) is 36.4 Å². The Morgan fingerprint density at radius 3 is 2.07 bits per heavy atom. The minimum atomic E-state index is -0.000433. The molecule has 0 heterocycles. The summed E-state index contributed by atoms with van der Waals surface area (Å²) < 4.78 is 0. The normalized spacial score (nSPS) is 11.8. The predicted molar refractivity (Wildman–Crippen MR) is 120 cm³/mol. The molecule has 0 unspecified atom stereocenters. The van der Waals surface area contributed by atoms with Crippen LogP contribution in [0, 0.1) is 5.92 Å². The number of carbonyl (C=O) groups excluding carboxylic acids is 1. The van der Waals surface area contributed by atoms with Gasteiger partial charge in [0.15, 0.2) is 0 Å². The van der Waals surface area contributed by atoms with Crippen molar-refractivity contribution in [3.63, 3.8) is 0 Å². The standard InChI is InChI=1S/C25H27NOS/c1-2-9-22(18-20-10-5-3-6-11-20)25(27)26-23-14-16-24(17-15-23)28-19-21-12-7-4-8-13-21/h3-8,10-17,22H,2,9,18-19H2,1H3,(H,26,27)/t22-/m0/s1. The van der Waals surface area contributed by atoms with Gasteiger partial charge in [-0.05, 0) is 48.2 Å². The lowest BCUT2D eigenvalue weighted by molar-refractivity contribution is -0.120. The maximum absolute atomic E-state index is 12.8. The third-order valence-electron chi connectivity index (χ3n) is 4.70. The summed E-state index contributed by atoms with van der Waals surface area (Å²) in [6.07, 6.45) is 2.68. The van der Waals surface area contributed by atoms with E-state index in [-0.39, 0.29) is 11.8 Å². The second-order valence-corrected chi connectivity index (χ2v) is 8.01. The number of hydrogen-bond acceptors (Lipinski definition) is 2. The zero-order valence-electron chi connectivity index (χ0n) is 16.3. The third kappa shape index (κ3) is 6.28. The van der Waals surface area contributed by atoms with E-state index < -0.39 is 0 Å². The SMILES string of the molecule is CCC[C@@H](Cc1ccccc1)C(=O)Nc1ccc(SCc2ccccc2)cc1. The van der Waals surface area contributed by atoms with Crippen LogP contribution in [0.3, 0.4) is 0 Å². The van der Waals surface area contributed by atoms with E-state index in [0.717, 1.165) is 30.7 Å². The van der Waals surface area contributed by atoms with Gasteiger partial charge in [-0.2, -0.15) is 0 Å². The van der Waals surface area contributed by atoms with Gasteiger partial charge in [0.2, 0.25) is 5.91 Å². The fourth-order valence-corrected chi connectivity index (χ4v) is 4.05. The van der Waals surface area contributed by atoms with E-state index in [1.54, 1.807) is 11.8 Å². The molecule has 3 rings (SSSR count). The summed E-state index contributed by atoms with van der Waals surface area (Å²) >= 11 is 1.80. The van der Waals surface area contributed by atoms with Crippen LogP contribution in [-0.4, -0.2) is 5.91 Å². The largest absolute Gasteiger partial charge is 0.326 e. The molecule has 0 spiro atoms. The van der Waals surface area contributed by atoms with E-state index in [9.17, 15) is 4.79 Å². The van der Waals surface area contributed by atoms with Gasteiger partial charge in [0.05, 0.1) is 0 Å². The minimum absolute atomic E-state index is 0.000433. The van der Waals surface area contributed by atoms with Gasteiger partial charge in [0.1, 0.15) is 0 Å². The number of rotatable bonds is 9. The van der Waals surface area contributed by atoms with Crippen LogP contribution in [0.1, 0.15) is 30.9 Å². The highest BCUT2D eigenvalue weighted by atomic mass is 32.2. The maximum atomic E-state index is 12.8. The molecule has 28 heavy (non-hydrogen) atoms. The van der Waals surface area contributed by atoms with E-state index in [2.05, 4.69) is 60.8 Å². The van der Waals surface area contributed by atoms with Gasteiger partial charge in [-0.3, -0.25) is 4.79 Å². The van der Waals surface area contributed by atoms with Crippen molar-refractivity contribution in [2.24, 2.45) is 5.92 Å². The highest BCUT2D eigenvalue weighted by Gasteiger charge is 2.18. The molecule has 3 aromatic rings. The van der Waals surface area contributed by atoms with E-state index in [1.165, 1.54) is 16.0 Å². The first kappa shape index (κ1) is 20.2. The molecule has 0 aliphatic rings. The molecule has 0 aromatic heterocycles. The van der Waals surface area contributed by atoms with Crippen molar-refractivity contribution in [3.05, 3.63) is 96.1 Å². The Balaban J connectivity index is 1.56. The molecule has 0 saturated carbocycles. The molecule has 3 aromatic carbocycles. The molecule has 2 nitrogen and oxygen atoms in total. The Bertz CT molecular complexity index is 847. The zero-order valence-corrected chi connectivity index (χ0v) is 17.1. The number of thioether (sulfide) groups is 1. The minimum Gasteiger partial charge on any atom is -0.326 e. The molecule has 1 atom stereocenters. The van der Waals surface area contributed by atoms with Crippen LogP contribution in [-0.2, 0) is 17.0 Å². The van der Waals surface area contributed by atoms with Crippen molar-refractivity contribution >= 4 is 23.4 Å². The first-order valence-electron chi connectivity index (χ1n) is 9.86. The molecule has 0 aliphatic heterocycles. The third-order valence-corrected chi connectivity index (χ3v) is 5.79. The lowest BCUT2D eigenvalue weighted by atomic mass is 9.94. The number of carbonyl (C=O) groups is 1. The summed E-state index contributed by atoms with van der Waals surface area (Å²) in [6, 6.07) is 28.9. The molecule has 0 saturated heterocycles. The fraction of sp³-hybridized carbons (Fsp3) is 0.240. The number of hydrogen-bond donors (Lipinski definition) is 1. The number of amides is 1. The summed E-state index contributed by atoms with van der Waals surface area (Å²) in [5.41, 5.74) is 3.39. The van der Waals surface area contributed by atoms with Gasteiger partial charge in [0.25, 0.3) is 0 Å². The molecule has 0 fully saturated rings. The Labute approximate surface area is 172 Å². The number of benzene rings is 3. The van der Waals surface area contributed by atoms with Crippen LogP contribution in [0.2, 0.25) is 0 Å².